The van der Waals surface area contributed by atoms with Gasteiger partial charge in [-0.2, -0.15) is 0 Å². The normalized spacial score (nSPS) is 12.2. The van der Waals surface area contributed by atoms with Gasteiger partial charge in [-0.15, -0.1) is 0 Å². The highest BCUT2D eigenvalue weighted by atomic mass is 16.9. The minimum atomic E-state index is -0.101. The fourth-order valence-electron chi connectivity index (χ4n) is 0.227. The molecule has 0 rings (SSSR count). The maximum Gasteiger partial charge on any atom is 0.168 e. The molecule has 0 atom stereocenters. The van der Waals surface area contributed by atoms with E-state index in [1.54, 1.807) is 13.8 Å². The Kier molecular flexibility index (Phi) is 2.91. The standard InChI is InChI=1S/C4H10N2O2/c1-4(2)8-6(7)5-3/h4H,1-3H3. The van der Waals surface area contributed by atoms with E-state index < -0.39 is 0 Å². The molecule has 0 aromatic carbocycles. The van der Waals surface area contributed by atoms with E-state index in [-0.39, 0.29) is 11.1 Å². The highest BCUT2D eigenvalue weighted by Gasteiger charge is 1.92. The van der Waals surface area contributed by atoms with Crippen LogP contribution in [-0.4, -0.2) is 18.2 Å². The number of hydrogen-bond donors (Lipinski definition) is 0. The Morgan fingerprint density at radius 3 is 2.25 bits per heavy atom. The summed E-state index contributed by atoms with van der Waals surface area (Å²) in [5.41, 5.74) is 0. The van der Waals surface area contributed by atoms with E-state index in [9.17, 15) is 5.21 Å². The average molecular weight is 118 g/mol. The second-order valence-corrected chi connectivity index (χ2v) is 1.59. The van der Waals surface area contributed by atoms with Crippen molar-refractivity contribution >= 4 is 0 Å². The van der Waals surface area contributed by atoms with E-state index in [2.05, 4.69) is 9.95 Å². The molecule has 0 aromatic heterocycles. The van der Waals surface area contributed by atoms with Gasteiger partial charge in [0.1, 0.15) is 0 Å². The summed E-state index contributed by atoms with van der Waals surface area (Å²) in [6.07, 6.45) is -0.101. The molecule has 0 amide bonds. The first-order valence-corrected chi connectivity index (χ1v) is 2.40. The second-order valence-electron chi connectivity index (χ2n) is 1.59. The highest BCUT2D eigenvalue weighted by Crippen LogP contribution is 1.86. The third kappa shape index (κ3) is 3.39. The van der Waals surface area contributed by atoms with Crippen LogP contribution >= 0.6 is 0 Å². The van der Waals surface area contributed by atoms with Gasteiger partial charge in [0.05, 0.1) is 13.2 Å². The van der Waals surface area contributed by atoms with Crippen LogP contribution in [0.2, 0.25) is 0 Å². The molecular formula is C4H10N2O2. The summed E-state index contributed by atoms with van der Waals surface area (Å²) in [5, 5.41) is 13.5. The van der Waals surface area contributed by atoms with Crippen LogP contribution in [0.5, 0.6) is 0 Å². The maximum atomic E-state index is 10.2. The molecule has 0 bridgehead atoms. The molecule has 8 heavy (non-hydrogen) atoms. The Morgan fingerprint density at radius 2 is 2.12 bits per heavy atom. The van der Waals surface area contributed by atoms with Crippen molar-refractivity contribution in [3.8, 4) is 0 Å². The topological polar surface area (TPSA) is 47.7 Å². The van der Waals surface area contributed by atoms with Gasteiger partial charge < -0.3 is 4.84 Å². The van der Waals surface area contributed by atoms with Crippen LogP contribution in [0.3, 0.4) is 0 Å². The van der Waals surface area contributed by atoms with Crippen molar-refractivity contribution in [1.82, 2.24) is 0 Å². The minimum absolute atomic E-state index is 0.101. The largest absolute Gasteiger partial charge is 0.378 e. The second kappa shape index (κ2) is 3.23. The summed E-state index contributed by atoms with van der Waals surface area (Å²) in [6.45, 7) is 3.52. The van der Waals surface area contributed by atoms with Gasteiger partial charge in [0.25, 0.3) is 0 Å². The van der Waals surface area contributed by atoms with Crippen molar-refractivity contribution in [2.24, 2.45) is 5.11 Å². The molecule has 0 saturated heterocycles. The average Bonchev–Trinajstić information content (AvgIpc) is 1.65. The molecular weight excluding hydrogens is 108 g/mol. The number of hydrogen-bond acceptors (Lipinski definition) is 3. The summed E-state index contributed by atoms with van der Waals surface area (Å²) in [5.74, 6) is 0. The molecule has 0 radical (unpaired) electrons. The smallest absolute Gasteiger partial charge is 0.168 e. The third-order valence-electron chi connectivity index (χ3n) is 0.464. The van der Waals surface area contributed by atoms with E-state index in [1.807, 2.05) is 0 Å². The monoisotopic (exact) mass is 118 g/mol. The van der Waals surface area contributed by atoms with Gasteiger partial charge in [-0.3, -0.25) is 0 Å². The van der Waals surface area contributed by atoms with Gasteiger partial charge in [-0.05, 0) is 13.8 Å². The fraction of sp³-hybridized carbons (Fsp3) is 1.00. The van der Waals surface area contributed by atoms with Gasteiger partial charge in [0.15, 0.2) is 5.02 Å². The first-order chi connectivity index (χ1) is 3.66. The Labute approximate surface area is 48.3 Å². The third-order valence-corrected chi connectivity index (χ3v) is 0.464. The molecule has 0 unspecified atom stereocenters. The lowest BCUT2D eigenvalue weighted by Crippen LogP contribution is -2.09. The van der Waals surface area contributed by atoms with Crippen LogP contribution in [0.1, 0.15) is 13.8 Å². The summed E-state index contributed by atoms with van der Waals surface area (Å²) in [6, 6.07) is 0. The molecule has 0 aliphatic heterocycles. The van der Waals surface area contributed by atoms with Gasteiger partial charge in [-0.25, -0.2) is 5.21 Å². The Bertz CT molecular complexity index is 90.0. The molecule has 0 N–H and O–H groups in total. The predicted molar refractivity (Wildman–Crippen MR) is 28.2 cm³/mol. The SMILES string of the molecule is CN=[N+]([O-])OC(C)C. The van der Waals surface area contributed by atoms with Gasteiger partial charge in [-0.1, -0.05) is 0 Å². The van der Waals surface area contributed by atoms with Crippen molar-refractivity contribution in [1.29, 1.82) is 0 Å². The molecule has 0 aliphatic carbocycles. The number of nitrogens with zero attached hydrogens (tertiary/aromatic N) is 2. The summed E-state index contributed by atoms with van der Waals surface area (Å²) >= 11 is 0. The lowest BCUT2D eigenvalue weighted by molar-refractivity contribution is -0.798. The lowest BCUT2D eigenvalue weighted by Gasteiger charge is -2.04. The van der Waals surface area contributed by atoms with Crippen LogP contribution < -0.4 is 0 Å². The lowest BCUT2D eigenvalue weighted by atomic mass is 10.5. The van der Waals surface area contributed by atoms with Gasteiger partial charge in [0, 0.05) is 5.11 Å². The molecule has 48 valence electrons. The zero-order chi connectivity index (χ0) is 6.57. The van der Waals surface area contributed by atoms with Crippen molar-refractivity contribution in [2.45, 2.75) is 20.0 Å². The Morgan fingerprint density at radius 1 is 1.62 bits per heavy atom. The zero-order valence-corrected chi connectivity index (χ0v) is 5.29. The Balaban J connectivity index is 3.39. The molecule has 0 spiro atoms. The van der Waals surface area contributed by atoms with E-state index in [0.717, 1.165) is 0 Å². The quantitative estimate of drug-likeness (QED) is 0.400. The predicted octanol–water partition coefficient (Wildman–Crippen LogP) is 0.919. The molecule has 4 heteroatoms. The summed E-state index contributed by atoms with van der Waals surface area (Å²) < 4.78 is 0. The molecule has 0 aromatic rings. The maximum absolute atomic E-state index is 10.2. The molecule has 0 aliphatic rings. The van der Waals surface area contributed by atoms with E-state index in [0.29, 0.717) is 0 Å². The van der Waals surface area contributed by atoms with Crippen LogP contribution in [0.15, 0.2) is 5.11 Å². The van der Waals surface area contributed by atoms with E-state index >= 15 is 0 Å². The first-order valence-electron chi connectivity index (χ1n) is 2.40. The van der Waals surface area contributed by atoms with Crippen LogP contribution in [0, 0.1) is 5.21 Å². The minimum Gasteiger partial charge on any atom is -0.378 e. The Hall–Kier alpha value is -0.800. The van der Waals surface area contributed by atoms with Crippen molar-refractivity contribution < 1.29 is 9.86 Å². The van der Waals surface area contributed by atoms with E-state index in [1.165, 1.54) is 7.05 Å². The van der Waals surface area contributed by atoms with Crippen molar-refractivity contribution in [2.75, 3.05) is 7.05 Å². The number of rotatable bonds is 2. The highest BCUT2D eigenvalue weighted by molar-refractivity contribution is 4.25. The van der Waals surface area contributed by atoms with Crippen LogP contribution in [0.25, 0.3) is 0 Å². The molecule has 4 nitrogen and oxygen atoms in total. The molecule has 0 heterocycles. The first kappa shape index (κ1) is 7.20. The van der Waals surface area contributed by atoms with Crippen LogP contribution in [0.4, 0.5) is 0 Å². The van der Waals surface area contributed by atoms with Gasteiger partial charge in [0.2, 0.25) is 0 Å². The van der Waals surface area contributed by atoms with Crippen LogP contribution in [-0.2, 0) is 4.84 Å². The van der Waals surface area contributed by atoms with Crippen molar-refractivity contribution in [3.63, 3.8) is 0 Å². The summed E-state index contributed by atoms with van der Waals surface area (Å²) in [4.78, 5) is 4.51. The zero-order valence-electron chi connectivity index (χ0n) is 5.29. The fourth-order valence-corrected chi connectivity index (χ4v) is 0.227. The van der Waals surface area contributed by atoms with Crippen molar-refractivity contribution in [3.05, 3.63) is 5.21 Å². The summed E-state index contributed by atoms with van der Waals surface area (Å²) in [7, 11) is 1.37. The molecule has 0 saturated carbocycles. The van der Waals surface area contributed by atoms with E-state index in [4.69, 9.17) is 0 Å². The molecule has 0 fully saturated rings. The van der Waals surface area contributed by atoms with Gasteiger partial charge >= 0.3 is 0 Å².